The maximum atomic E-state index is 11.7. The molecule has 2 heterocycles. The number of carbonyl (C=O) groups excluding carboxylic acids is 1. The fraction of sp³-hybridized carbons (Fsp3) is 0.300. The monoisotopic (exact) mass is 315 g/mol. The van der Waals surface area contributed by atoms with Gasteiger partial charge in [0.2, 0.25) is 15.9 Å². The fourth-order valence-electron chi connectivity index (χ4n) is 1.43. The van der Waals surface area contributed by atoms with Crippen LogP contribution in [0, 0.1) is 6.92 Å². The van der Waals surface area contributed by atoms with Gasteiger partial charge in [-0.15, -0.1) is 11.3 Å². The summed E-state index contributed by atoms with van der Waals surface area (Å²) in [6, 6.07) is 1.70. The Morgan fingerprint density at radius 3 is 2.85 bits per heavy atom. The lowest BCUT2D eigenvalue weighted by Gasteiger charge is -1.99. The van der Waals surface area contributed by atoms with E-state index in [1.165, 1.54) is 0 Å². The van der Waals surface area contributed by atoms with Gasteiger partial charge in [-0.3, -0.25) is 14.6 Å². The zero-order valence-corrected chi connectivity index (χ0v) is 12.4. The number of hydrogen-bond donors (Lipinski definition) is 3. The zero-order chi connectivity index (χ0) is 14.8. The van der Waals surface area contributed by atoms with Crippen molar-refractivity contribution in [3.8, 4) is 0 Å². The average Bonchev–Trinajstić information content (AvgIpc) is 2.86. The summed E-state index contributed by atoms with van der Waals surface area (Å²) in [4.78, 5) is 15.8. The third kappa shape index (κ3) is 4.31. The molecule has 2 aromatic heterocycles. The van der Waals surface area contributed by atoms with Gasteiger partial charge in [0.1, 0.15) is 0 Å². The Balaban J connectivity index is 1.95. The van der Waals surface area contributed by atoms with Crippen molar-refractivity contribution >= 4 is 38.2 Å². The van der Waals surface area contributed by atoms with Crippen LogP contribution in [-0.2, 0) is 21.2 Å². The highest BCUT2D eigenvalue weighted by molar-refractivity contribution is 7.92. The summed E-state index contributed by atoms with van der Waals surface area (Å²) in [6.45, 7) is 1.83. The maximum Gasteiger partial charge on any atom is 0.231 e. The number of H-pyrrole nitrogens is 1. The predicted molar refractivity (Wildman–Crippen MR) is 76.2 cm³/mol. The first kappa shape index (κ1) is 14.5. The van der Waals surface area contributed by atoms with Gasteiger partial charge in [0.25, 0.3) is 0 Å². The van der Waals surface area contributed by atoms with Crippen molar-refractivity contribution < 1.29 is 13.2 Å². The number of aromatic amines is 1. The molecule has 0 saturated heterocycles. The van der Waals surface area contributed by atoms with Gasteiger partial charge in [0.05, 0.1) is 18.4 Å². The Morgan fingerprint density at radius 2 is 2.25 bits per heavy atom. The van der Waals surface area contributed by atoms with Gasteiger partial charge in [-0.2, -0.15) is 5.10 Å². The van der Waals surface area contributed by atoms with Crippen LogP contribution in [0.3, 0.4) is 0 Å². The number of rotatable bonds is 5. The topological polar surface area (TPSA) is 117 Å². The summed E-state index contributed by atoms with van der Waals surface area (Å²) in [7, 11) is -3.35. The summed E-state index contributed by atoms with van der Waals surface area (Å²) in [5, 5.41) is 11.1. The van der Waals surface area contributed by atoms with Gasteiger partial charge in [-0.1, -0.05) is 0 Å². The van der Waals surface area contributed by atoms with E-state index in [1.807, 2.05) is 6.92 Å². The second-order valence-electron chi connectivity index (χ2n) is 4.18. The van der Waals surface area contributed by atoms with E-state index >= 15 is 0 Å². The predicted octanol–water partition coefficient (Wildman–Crippen LogP) is 0.727. The number of aromatic nitrogens is 3. The molecule has 0 fully saturated rings. The van der Waals surface area contributed by atoms with Crippen LogP contribution in [0.5, 0.6) is 0 Å². The normalized spacial score (nSPS) is 11.3. The number of nitrogens with zero attached hydrogens (tertiary/aromatic N) is 2. The average molecular weight is 315 g/mol. The van der Waals surface area contributed by atoms with Crippen molar-refractivity contribution in [2.45, 2.75) is 13.3 Å². The van der Waals surface area contributed by atoms with E-state index in [2.05, 4.69) is 25.2 Å². The van der Waals surface area contributed by atoms with E-state index in [-0.39, 0.29) is 17.5 Å². The van der Waals surface area contributed by atoms with E-state index in [0.717, 1.165) is 23.3 Å². The summed E-state index contributed by atoms with van der Waals surface area (Å²) in [6.07, 6.45) is 1.09. The van der Waals surface area contributed by atoms with Crippen molar-refractivity contribution in [1.82, 2.24) is 15.2 Å². The van der Waals surface area contributed by atoms with Gasteiger partial charge in [0.15, 0.2) is 10.9 Å². The number of carbonyl (C=O) groups is 1. The quantitative estimate of drug-likeness (QED) is 0.752. The molecule has 0 spiro atoms. The molecule has 0 atom stereocenters. The summed E-state index contributed by atoms with van der Waals surface area (Å²) < 4.78 is 24.3. The summed E-state index contributed by atoms with van der Waals surface area (Å²) in [5.41, 5.74) is 1.33. The Labute approximate surface area is 119 Å². The van der Waals surface area contributed by atoms with Crippen LogP contribution in [0.2, 0.25) is 0 Å². The lowest BCUT2D eigenvalue weighted by molar-refractivity contribution is -0.115. The number of nitrogens with one attached hydrogen (secondary N) is 3. The third-order valence-corrected chi connectivity index (χ3v) is 3.64. The third-order valence-electron chi connectivity index (χ3n) is 2.14. The minimum absolute atomic E-state index is 0.0495. The molecule has 0 aliphatic carbocycles. The molecule has 10 heteroatoms. The molecule has 2 aromatic rings. The minimum atomic E-state index is -3.35. The summed E-state index contributed by atoms with van der Waals surface area (Å²) >= 11 is 1.13. The van der Waals surface area contributed by atoms with Crippen molar-refractivity contribution in [1.29, 1.82) is 0 Å². The van der Waals surface area contributed by atoms with Crippen LogP contribution >= 0.6 is 11.3 Å². The molecule has 0 saturated carbocycles. The van der Waals surface area contributed by atoms with E-state index in [1.54, 1.807) is 11.4 Å². The van der Waals surface area contributed by atoms with E-state index < -0.39 is 10.0 Å². The van der Waals surface area contributed by atoms with Gasteiger partial charge in [0, 0.05) is 17.1 Å². The molecular weight excluding hydrogens is 302 g/mol. The number of sulfonamides is 1. The largest absolute Gasteiger partial charge is 0.309 e. The lowest BCUT2D eigenvalue weighted by atomic mass is 10.3. The Kier molecular flexibility index (Phi) is 4.04. The van der Waals surface area contributed by atoms with Crippen molar-refractivity contribution in [3.05, 3.63) is 22.8 Å². The van der Waals surface area contributed by atoms with Crippen molar-refractivity contribution in [3.63, 3.8) is 0 Å². The standard InChI is InChI=1S/C10H13N5O3S2/c1-6-3-8(14-13-6)12-9(16)4-7-5-19-10(11-7)15-20(2,17)18/h3,5H,4H2,1-2H3,(H,11,15)(H2,12,13,14,16). The summed E-state index contributed by atoms with van der Waals surface area (Å²) in [5.74, 6) is 0.171. The number of anilines is 2. The van der Waals surface area contributed by atoms with Crippen LogP contribution in [0.1, 0.15) is 11.4 Å². The molecule has 8 nitrogen and oxygen atoms in total. The SMILES string of the molecule is Cc1cc(NC(=O)Cc2csc(NS(C)(=O)=O)n2)n[nH]1. The fourth-order valence-corrected chi connectivity index (χ4v) is 2.99. The molecule has 0 aromatic carbocycles. The minimum Gasteiger partial charge on any atom is -0.309 e. The lowest BCUT2D eigenvalue weighted by Crippen LogP contribution is -2.15. The molecule has 20 heavy (non-hydrogen) atoms. The number of aryl methyl sites for hydroxylation is 1. The number of thiazole rings is 1. The molecule has 1 amide bonds. The second-order valence-corrected chi connectivity index (χ2v) is 6.79. The van der Waals surface area contributed by atoms with Crippen LogP contribution in [0.15, 0.2) is 11.4 Å². The molecule has 0 bridgehead atoms. The van der Waals surface area contributed by atoms with Crippen LogP contribution in [0.25, 0.3) is 0 Å². The highest BCUT2D eigenvalue weighted by Crippen LogP contribution is 2.17. The number of amides is 1. The first-order valence-corrected chi connectivity index (χ1v) is 8.33. The highest BCUT2D eigenvalue weighted by Gasteiger charge is 2.11. The zero-order valence-electron chi connectivity index (χ0n) is 10.8. The molecule has 0 aliphatic rings. The van der Waals surface area contributed by atoms with Gasteiger partial charge >= 0.3 is 0 Å². The van der Waals surface area contributed by atoms with Crippen LogP contribution < -0.4 is 10.0 Å². The van der Waals surface area contributed by atoms with E-state index in [0.29, 0.717) is 11.5 Å². The Morgan fingerprint density at radius 1 is 1.50 bits per heavy atom. The Hall–Kier alpha value is -1.94. The smallest absolute Gasteiger partial charge is 0.231 e. The second kappa shape index (κ2) is 5.59. The van der Waals surface area contributed by atoms with Crippen LogP contribution in [0.4, 0.5) is 10.9 Å². The van der Waals surface area contributed by atoms with Crippen LogP contribution in [-0.4, -0.2) is 35.8 Å². The number of hydrogen-bond acceptors (Lipinski definition) is 6. The first-order chi connectivity index (χ1) is 9.32. The van der Waals surface area contributed by atoms with Gasteiger partial charge in [-0.05, 0) is 6.92 Å². The molecule has 3 N–H and O–H groups in total. The van der Waals surface area contributed by atoms with Gasteiger partial charge < -0.3 is 5.32 Å². The molecule has 108 valence electrons. The van der Waals surface area contributed by atoms with E-state index in [4.69, 9.17) is 0 Å². The molecule has 2 rings (SSSR count). The maximum absolute atomic E-state index is 11.7. The molecule has 0 unspecified atom stereocenters. The molecule has 0 aliphatic heterocycles. The molecular formula is C10H13N5O3S2. The van der Waals surface area contributed by atoms with Gasteiger partial charge in [-0.25, -0.2) is 13.4 Å². The first-order valence-electron chi connectivity index (χ1n) is 5.56. The van der Waals surface area contributed by atoms with Crippen molar-refractivity contribution in [2.24, 2.45) is 0 Å². The van der Waals surface area contributed by atoms with E-state index in [9.17, 15) is 13.2 Å². The Bertz CT molecular complexity index is 719. The van der Waals surface area contributed by atoms with Crippen molar-refractivity contribution in [2.75, 3.05) is 16.3 Å². The molecule has 0 radical (unpaired) electrons. The highest BCUT2D eigenvalue weighted by atomic mass is 32.2.